The van der Waals surface area contributed by atoms with Gasteiger partial charge in [-0.2, -0.15) is 0 Å². The molecular weight excluding hydrogens is 156 g/mol. The van der Waals surface area contributed by atoms with E-state index in [1.807, 2.05) is 11.3 Å². The molecule has 0 unspecified atom stereocenters. The van der Waals surface area contributed by atoms with Gasteiger partial charge in [0.2, 0.25) is 0 Å². The fraction of sp³-hybridized carbons (Fsp3) is 0.625. The Morgan fingerprint density at radius 1 is 1.45 bits per heavy atom. The molecule has 1 aliphatic rings. The molecule has 1 aromatic heterocycles. The predicted molar refractivity (Wildman–Crippen MR) is 46.9 cm³/mol. The van der Waals surface area contributed by atoms with E-state index in [-0.39, 0.29) is 0 Å². The fourth-order valence-corrected chi connectivity index (χ4v) is 2.65. The Bertz CT molecular complexity index is 233. The molecule has 0 amide bonds. The Labute approximate surface area is 70.5 Å². The second-order valence-electron chi connectivity index (χ2n) is 2.87. The molecule has 0 bridgehead atoms. The quantitative estimate of drug-likeness (QED) is 0.719. The van der Waals surface area contributed by atoms with Crippen molar-refractivity contribution in [1.29, 1.82) is 0 Å². The molecule has 0 aliphatic heterocycles. The molecular formula is C8H12N2S. The first-order chi connectivity index (χ1) is 5.40. The van der Waals surface area contributed by atoms with Crippen LogP contribution in [0.5, 0.6) is 0 Å². The normalized spacial score (nSPS) is 15.4. The van der Waals surface area contributed by atoms with Crippen LogP contribution in [0, 0.1) is 0 Å². The Balaban J connectivity index is 2.20. The number of aromatic nitrogens is 1. The largest absolute Gasteiger partial charge is 0.330 e. The third kappa shape index (κ3) is 1.30. The highest BCUT2D eigenvalue weighted by Gasteiger charge is 2.15. The van der Waals surface area contributed by atoms with Crippen LogP contribution < -0.4 is 5.73 Å². The number of fused-ring (bicyclic) bond motifs is 1. The minimum absolute atomic E-state index is 0.729. The highest BCUT2D eigenvalue weighted by Crippen LogP contribution is 2.27. The summed E-state index contributed by atoms with van der Waals surface area (Å²) >= 11 is 1.86. The van der Waals surface area contributed by atoms with Crippen molar-refractivity contribution in [3.05, 3.63) is 15.6 Å². The maximum absolute atomic E-state index is 5.45. The summed E-state index contributed by atoms with van der Waals surface area (Å²) in [5, 5.41) is 1.23. The Hall–Kier alpha value is -0.410. The lowest BCUT2D eigenvalue weighted by Crippen LogP contribution is -2.02. The molecule has 0 saturated heterocycles. The molecule has 1 aliphatic carbocycles. The fourth-order valence-electron chi connectivity index (χ4n) is 1.47. The van der Waals surface area contributed by atoms with Gasteiger partial charge in [-0.1, -0.05) is 0 Å². The third-order valence-electron chi connectivity index (χ3n) is 2.00. The number of nitrogens with two attached hydrogens (primary N) is 1. The van der Waals surface area contributed by atoms with Crippen molar-refractivity contribution in [3.63, 3.8) is 0 Å². The van der Waals surface area contributed by atoms with Crippen molar-refractivity contribution in [2.45, 2.75) is 25.7 Å². The van der Waals surface area contributed by atoms with E-state index in [4.69, 9.17) is 5.73 Å². The first-order valence-electron chi connectivity index (χ1n) is 4.07. The van der Waals surface area contributed by atoms with E-state index in [0.717, 1.165) is 13.0 Å². The molecule has 0 aromatic carbocycles. The molecule has 2 N–H and O–H groups in total. The molecule has 0 fully saturated rings. The summed E-state index contributed by atoms with van der Waals surface area (Å²) in [5.41, 5.74) is 6.79. The van der Waals surface area contributed by atoms with Crippen LogP contribution >= 0.6 is 11.3 Å². The zero-order valence-electron chi connectivity index (χ0n) is 6.47. The van der Waals surface area contributed by atoms with Gasteiger partial charge < -0.3 is 5.73 Å². The topological polar surface area (TPSA) is 38.9 Å². The summed E-state index contributed by atoms with van der Waals surface area (Å²) in [7, 11) is 0. The Morgan fingerprint density at radius 3 is 3.09 bits per heavy atom. The van der Waals surface area contributed by atoms with Gasteiger partial charge in [0.1, 0.15) is 0 Å². The van der Waals surface area contributed by atoms with Gasteiger partial charge in [0.25, 0.3) is 0 Å². The van der Waals surface area contributed by atoms with Crippen LogP contribution in [0.25, 0.3) is 0 Å². The highest BCUT2D eigenvalue weighted by molar-refractivity contribution is 7.11. The number of hydrogen-bond acceptors (Lipinski definition) is 3. The third-order valence-corrected chi connectivity index (χ3v) is 3.22. The van der Waals surface area contributed by atoms with E-state index in [9.17, 15) is 0 Å². The summed E-state index contributed by atoms with van der Waals surface area (Å²) in [6.07, 6.45) is 4.70. The lowest BCUT2D eigenvalue weighted by Gasteiger charge is -1.89. The van der Waals surface area contributed by atoms with E-state index < -0.39 is 0 Å². The van der Waals surface area contributed by atoms with E-state index in [1.165, 1.54) is 34.8 Å². The van der Waals surface area contributed by atoms with E-state index in [0.29, 0.717) is 0 Å². The molecule has 0 spiro atoms. The van der Waals surface area contributed by atoms with E-state index in [1.54, 1.807) is 0 Å². The van der Waals surface area contributed by atoms with Crippen molar-refractivity contribution in [2.75, 3.05) is 6.54 Å². The van der Waals surface area contributed by atoms with Crippen LogP contribution in [0.4, 0.5) is 0 Å². The molecule has 11 heavy (non-hydrogen) atoms. The van der Waals surface area contributed by atoms with Gasteiger partial charge in [0.15, 0.2) is 0 Å². The van der Waals surface area contributed by atoms with Gasteiger partial charge in [-0.15, -0.1) is 11.3 Å². The van der Waals surface area contributed by atoms with Crippen molar-refractivity contribution >= 4 is 11.3 Å². The summed E-state index contributed by atoms with van der Waals surface area (Å²) in [4.78, 5) is 6.03. The van der Waals surface area contributed by atoms with Gasteiger partial charge in [-0.25, -0.2) is 4.98 Å². The summed E-state index contributed by atoms with van der Waals surface area (Å²) in [6.45, 7) is 0.729. The Kier molecular flexibility index (Phi) is 1.92. The minimum Gasteiger partial charge on any atom is -0.330 e. The zero-order chi connectivity index (χ0) is 7.68. The number of rotatable bonds is 2. The van der Waals surface area contributed by atoms with Gasteiger partial charge >= 0.3 is 0 Å². The van der Waals surface area contributed by atoms with Gasteiger partial charge in [0.05, 0.1) is 10.7 Å². The number of nitrogens with zero attached hydrogens (tertiary/aromatic N) is 1. The minimum atomic E-state index is 0.729. The zero-order valence-corrected chi connectivity index (χ0v) is 7.28. The van der Waals surface area contributed by atoms with Crippen LogP contribution in [0.15, 0.2) is 0 Å². The molecule has 2 nitrogen and oxygen atoms in total. The van der Waals surface area contributed by atoms with E-state index >= 15 is 0 Å². The first-order valence-corrected chi connectivity index (χ1v) is 4.89. The first kappa shape index (κ1) is 7.25. The molecule has 0 atom stereocenters. The average molecular weight is 168 g/mol. The lowest BCUT2D eigenvalue weighted by atomic mass is 10.4. The molecule has 0 radical (unpaired) electrons. The van der Waals surface area contributed by atoms with Crippen LogP contribution in [0.3, 0.4) is 0 Å². The van der Waals surface area contributed by atoms with E-state index in [2.05, 4.69) is 4.98 Å². The van der Waals surface area contributed by atoms with Crippen LogP contribution in [0.2, 0.25) is 0 Å². The average Bonchev–Trinajstić information content (AvgIpc) is 2.46. The van der Waals surface area contributed by atoms with Crippen molar-refractivity contribution in [1.82, 2.24) is 4.98 Å². The molecule has 2 rings (SSSR count). The SMILES string of the molecule is NCCc1nc2c(s1)CCC2. The molecule has 1 heterocycles. The summed E-state index contributed by atoms with van der Waals surface area (Å²) < 4.78 is 0. The van der Waals surface area contributed by atoms with Gasteiger partial charge in [-0.05, 0) is 25.8 Å². The highest BCUT2D eigenvalue weighted by atomic mass is 32.1. The maximum Gasteiger partial charge on any atom is 0.0943 e. The smallest absolute Gasteiger partial charge is 0.0943 e. The maximum atomic E-state index is 5.45. The molecule has 3 heteroatoms. The van der Waals surface area contributed by atoms with Crippen LogP contribution in [0.1, 0.15) is 22.0 Å². The number of hydrogen-bond donors (Lipinski definition) is 1. The predicted octanol–water partition coefficient (Wildman–Crippen LogP) is 1.13. The summed E-state index contributed by atoms with van der Waals surface area (Å²) in [5.74, 6) is 0. The number of thiazole rings is 1. The number of aryl methyl sites for hydroxylation is 2. The summed E-state index contributed by atoms with van der Waals surface area (Å²) in [6, 6.07) is 0. The van der Waals surface area contributed by atoms with Crippen molar-refractivity contribution in [3.8, 4) is 0 Å². The molecule has 60 valence electrons. The second-order valence-corrected chi connectivity index (χ2v) is 4.04. The standard InChI is InChI=1S/C8H12N2S/c9-5-4-8-10-6-2-1-3-7(6)11-8/h1-5,9H2. The van der Waals surface area contributed by atoms with Crippen LogP contribution in [-0.4, -0.2) is 11.5 Å². The van der Waals surface area contributed by atoms with Gasteiger partial charge in [-0.3, -0.25) is 0 Å². The Morgan fingerprint density at radius 2 is 2.36 bits per heavy atom. The van der Waals surface area contributed by atoms with Crippen molar-refractivity contribution in [2.24, 2.45) is 5.73 Å². The van der Waals surface area contributed by atoms with Crippen molar-refractivity contribution < 1.29 is 0 Å². The molecule has 0 saturated carbocycles. The lowest BCUT2D eigenvalue weighted by molar-refractivity contribution is 0.881. The molecule has 1 aromatic rings. The monoisotopic (exact) mass is 168 g/mol. The second kappa shape index (κ2) is 2.91. The van der Waals surface area contributed by atoms with Gasteiger partial charge in [0, 0.05) is 11.3 Å². The van der Waals surface area contributed by atoms with Crippen LogP contribution in [-0.2, 0) is 19.3 Å².